The van der Waals surface area contributed by atoms with Crippen molar-refractivity contribution >= 4 is 23.2 Å². The quantitative estimate of drug-likeness (QED) is 0.590. The standard InChI is InChI=1S/C22H20ClFN4O2/c1-3-12-28-13(2)18(19(25-22(28)29)14-6-10-17(24)11-7-14)21-26-20(27-30-21)15-4-8-16(23)9-5-15/h4-11,19H,3,12H2,1-2H3,(H,25,29). The Labute approximate surface area is 178 Å². The van der Waals surface area contributed by atoms with E-state index in [1.165, 1.54) is 12.1 Å². The molecule has 0 fully saturated rings. The maximum absolute atomic E-state index is 13.5. The number of amides is 2. The highest BCUT2D eigenvalue weighted by atomic mass is 35.5. The number of rotatable bonds is 5. The molecule has 0 spiro atoms. The highest BCUT2D eigenvalue weighted by Crippen LogP contribution is 2.37. The first-order valence-electron chi connectivity index (χ1n) is 9.62. The Morgan fingerprint density at radius 1 is 1.17 bits per heavy atom. The van der Waals surface area contributed by atoms with Gasteiger partial charge in [0.05, 0.1) is 11.6 Å². The van der Waals surface area contributed by atoms with E-state index in [1.807, 2.05) is 26.0 Å². The fraction of sp³-hybridized carbons (Fsp3) is 0.227. The molecule has 6 nitrogen and oxygen atoms in total. The Morgan fingerprint density at radius 2 is 1.87 bits per heavy atom. The Hall–Kier alpha value is -3.19. The fourth-order valence-corrected chi connectivity index (χ4v) is 3.63. The van der Waals surface area contributed by atoms with Gasteiger partial charge in [-0.25, -0.2) is 9.18 Å². The number of hydrogen-bond donors (Lipinski definition) is 1. The highest BCUT2D eigenvalue weighted by molar-refractivity contribution is 6.30. The smallest absolute Gasteiger partial charge is 0.322 e. The number of aromatic nitrogens is 2. The first kappa shape index (κ1) is 20.1. The van der Waals surface area contributed by atoms with E-state index in [0.717, 1.165) is 23.2 Å². The maximum Gasteiger partial charge on any atom is 0.322 e. The average molecular weight is 427 g/mol. The minimum Gasteiger partial charge on any atom is -0.334 e. The van der Waals surface area contributed by atoms with Gasteiger partial charge in [0.15, 0.2) is 0 Å². The van der Waals surface area contributed by atoms with Gasteiger partial charge in [0.25, 0.3) is 5.89 Å². The van der Waals surface area contributed by atoms with Crippen molar-refractivity contribution in [2.24, 2.45) is 0 Å². The molecule has 1 aromatic heterocycles. The van der Waals surface area contributed by atoms with E-state index in [2.05, 4.69) is 15.5 Å². The molecule has 2 amide bonds. The molecule has 8 heteroatoms. The highest BCUT2D eigenvalue weighted by Gasteiger charge is 2.35. The van der Waals surface area contributed by atoms with Crippen LogP contribution in [-0.2, 0) is 0 Å². The summed E-state index contributed by atoms with van der Waals surface area (Å²) in [5.41, 5.74) is 2.89. The van der Waals surface area contributed by atoms with Crippen LogP contribution in [0.5, 0.6) is 0 Å². The normalized spacial score (nSPS) is 16.7. The molecule has 3 aromatic rings. The lowest BCUT2D eigenvalue weighted by molar-refractivity contribution is 0.205. The summed E-state index contributed by atoms with van der Waals surface area (Å²) >= 11 is 5.96. The van der Waals surface area contributed by atoms with Gasteiger partial charge < -0.3 is 9.84 Å². The zero-order valence-corrected chi connectivity index (χ0v) is 17.3. The summed E-state index contributed by atoms with van der Waals surface area (Å²) in [6, 6.07) is 12.4. The van der Waals surface area contributed by atoms with Crippen LogP contribution in [0.2, 0.25) is 5.02 Å². The van der Waals surface area contributed by atoms with Crippen molar-refractivity contribution < 1.29 is 13.7 Å². The van der Waals surface area contributed by atoms with Gasteiger partial charge >= 0.3 is 6.03 Å². The van der Waals surface area contributed by atoms with Crippen LogP contribution >= 0.6 is 11.6 Å². The lowest BCUT2D eigenvalue weighted by Gasteiger charge is -2.35. The predicted molar refractivity (Wildman–Crippen MR) is 112 cm³/mol. The van der Waals surface area contributed by atoms with Gasteiger partial charge in [-0.05, 0) is 55.3 Å². The molecule has 0 saturated carbocycles. The Kier molecular flexibility index (Phi) is 5.55. The van der Waals surface area contributed by atoms with Crippen LogP contribution in [-0.4, -0.2) is 27.6 Å². The number of carbonyl (C=O) groups excluding carboxylic acids is 1. The van der Waals surface area contributed by atoms with Crippen molar-refractivity contribution in [3.05, 3.63) is 76.5 Å². The molecule has 0 bridgehead atoms. The SMILES string of the molecule is CCCN1C(=O)NC(c2ccc(F)cc2)C(c2nc(-c3ccc(Cl)cc3)no2)=C1C. The molecule has 0 aliphatic carbocycles. The minimum absolute atomic E-state index is 0.218. The van der Waals surface area contributed by atoms with Gasteiger partial charge in [0.2, 0.25) is 5.82 Å². The topological polar surface area (TPSA) is 71.3 Å². The van der Waals surface area contributed by atoms with Crippen LogP contribution in [0, 0.1) is 5.82 Å². The van der Waals surface area contributed by atoms with Crippen LogP contribution in [0.25, 0.3) is 17.0 Å². The Morgan fingerprint density at radius 3 is 2.53 bits per heavy atom. The molecule has 4 rings (SSSR count). The number of urea groups is 1. The summed E-state index contributed by atoms with van der Waals surface area (Å²) in [4.78, 5) is 18.9. The third kappa shape index (κ3) is 3.80. The van der Waals surface area contributed by atoms with Gasteiger partial charge in [0.1, 0.15) is 5.82 Å². The first-order chi connectivity index (χ1) is 14.5. The Balaban J connectivity index is 1.80. The van der Waals surface area contributed by atoms with Crippen molar-refractivity contribution in [3.63, 3.8) is 0 Å². The molecule has 1 aliphatic heterocycles. The summed E-state index contributed by atoms with van der Waals surface area (Å²) in [5.74, 6) is 0.366. The van der Waals surface area contributed by atoms with Gasteiger partial charge in [-0.15, -0.1) is 0 Å². The number of nitrogens with zero attached hydrogens (tertiary/aromatic N) is 3. The molecule has 154 valence electrons. The van der Waals surface area contributed by atoms with E-state index in [9.17, 15) is 9.18 Å². The fourth-order valence-electron chi connectivity index (χ4n) is 3.51. The Bertz CT molecular complexity index is 1090. The molecule has 30 heavy (non-hydrogen) atoms. The number of carbonyl (C=O) groups is 1. The molecule has 1 atom stereocenters. The summed E-state index contributed by atoms with van der Waals surface area (Å²) in [7, 11) is 0. The molecule has 1 N–H and O–H groups in total. The van der Waals surface area contributed by atoms with Crippen LogP contribution in [0.15, 0.2) is 58.8 Å². The van der Waals surface area contributed by atoms with Crippen molar-refractivity contribution in [1.29, 1.82) is 0 Å². The monoisotopic (exact) mass is 426 g/mol. The predicted octanol–water partition coefficient (Wildman–Crippen LogP) is 5.44. The van der Waals surface area contributed by atoms with E-state index < -0.39 is 6.04 Å². The number of benzene rings is 2. The summed E-state index contributed by atoms with van der Waals surface area (Å²) in [5, 5.41) is 7.70. The minimum atomic E-state index is -0.537. The van der Waals surface area contributed by atoms with Crippen molar-refractivity contribution in [1.82, 2.24) is 20.4 Å². The van der Waals surface area contributed by atoms with Crippen molar-refractivity contribution in [2.45, 2.75) is 26.3 Å². The third-order valence-electron chi connectivity index (χ3n) is 5.01. The number of allylic oxidation sites excluding steroid dienone is 1. The molecule has 0 saturated heterocycles. The van der Waals surface area contributed by atoms with Crippen LogP contribution < -0.4 is 5.32 Å². The first-order valence-corrected chi connectivity index (χ1v) is 10.00. The van der Waals surface area contributed by atoms with Crippen LogP contribution in [0.1, 0.15) is 37.8 Å². The van der Waals surface area contributed by atoms with E-state index >= 15 is 0 Å². The van der Waals surface area contributed by atoms with Crippen LogP contribution in [0.4, 0.5) is 9.18 Å². The summed E-state index contributed by atoms with van der Waals surface area (Å²) in [6.07, 6.45) is 0.791. The van der Waals surface area contributed by atoms with Crippen molar-refractivity contribution in [2.75, 3.05) is 6.54 Å². The zero-order chi connectivity index (χ0) is 21.3. The van der Waals surface area contributed by atoms with Crippen molar-refractivity contribution in [3.8, 4) is 11.4 Å². The molecule has 0 radical (unpaired) electrons. The van der Waals surface area contributed by atoms with Gasteiger partial charge in [-0.3, -0.25) is 4.90 Å². The van der Waals surface area contributed by atoms with Gasteiger partial charge in [-0.2, -0.15) is 4.98 Å². The van der Waals surface area contributed by atoms with Gasteiger partial charge in [-0.1, -0.05) is 35.8 Å². The second-order valence-corrected chi connectivity index (χ2v) is 7.45. The van der Waals surface area contributed by atoms with E-state index in [1.54, 1.807) is 29.2 Å². The second-order valence-electron chi connectivity index (χ2n) is 7.01. The molecule has 2 aromatic carbocycles. The van der Waals surface area contributed by atoms with Gasteiger partial charge in [0, 0.05) is 22.8 Å². The largest absolute Gasteiger partial charge is 0.334 e. The molecular formula is C22H20ClFN4O2. The number of halogens is 2. The molecule has 2 heterocycles. The molecular weight excluding hydrogens is 407 g/mol. The third-order valence-corrected chi connectivity index (χ3v) is 5.26. The van der Waals surface area contributed by atoms with E-state index in [0.29, 0.717) is 28.9 Å². The average Bonchev–Trinajstić information content (AvgIpc) is 3.21. The summed E-state index contributed by atoms with van der Waals surface area (Å²) < 4.78 is 19.0. The number of hydrogen-bond acceptors (Lipinski definition) is 4. The van der Waals surface area contributed by atoms with E-state index in [-0.39, 0.29) is 11.8 Å². The zero-order valence-electron chi connectivity index (χ0n) is 16.5. The second kappa shape index (κ2) is 8.28. The maximum atomic E-state index is 13.5. The summed E-state index contributed by atoms with van der Waals surface area (Å²) in [6.45, 7) is 4.40. The van der Waals surface area contributed by atoms with Crippen LogP contribution in [0.3, 0.4) is 0 Å². The molecule has 1 aliphatic rings. The molecule has 1 unspecified atom stereocenters. The number of nitrogens with one attached hydrogen (secondary N) is 1. The van der Waals surface area contributed by atoms with E-state index in [4.69, 9.17) is 16.1 Å². The lowest BCUT2D eigenvalue weighted by atomic mass is 9.94. The lowest BCUT2D eigenvalue weighted by Crippen LogP contribution is -2.46.